The van der Waals surface area contributed by atoms with Crippen molar-refractivity contribution in [1.82, 2.24) is 9.78 Å². The molecular weight excluding hydrogens is 218 g/mol. The smallest absolute Gasteiger partial charge is 0.435 e. The highest BCUT2D eigenvalue weighted by Gasteiger charge is 2.24. The molecule has 1 unspecified atom stereocenters. The standard InChI is InChI=1S/C12H19N3O2/c1-12(2,3)17-11(16)15-7-8-5-4-6-9(13)10(8)14-15/h7,9H,4-6,13H2,1-3H3. The molecule has 0 radical (unpaired) electrons. The van der Waals surface area contributed by atoms with E-state index < -0.39 is 11.7 Å². The molecule has 1 atom stereocenters. The number of hydrogen-bond acceptors (Lipinski definition) is 4. The normalized spacial score (nSPS) is 19.9. The Morgan fingerprint density at radius 1 is 1.59 bits per heavy atom. The molecule has 1 aliphatic carbocycles. The first-order valence-electron chi connectivity index (χ1n) is 5.94. The molecule has 1 aliphatic rings. The third kappa shape index (κ3) is 2.66. The molecule has 94 valence electrons. The summed E-state index contributed by atoms with van der Waals surface area (Å²) < 4.78 is 6.52. The summed E-state index contributed by atoms with van der Waals surface area (Å²) in [6, 6.07) is -0.0533. The number of ether oxygens (including phenoxy) is 1. The molecule has 5 heteroatoms. The second kappa shape index (κ2) is 4.14. The number of hydrogen-bond donors (Lipinski definition) is 1. The molecule has 2 rings (SSSR count). The van der Waals surface area contributed by atoms with Gasteiger partial charge < -0.3 is 10.5 Å². The number of carbonyl (C=O) groups is 1. The Hall–Kier alpha value is -1.36. The molecule has 0 aliphatic heterocycles. The Balaban J connectivity index is 2.20. The molecule has 0 fully saturated rings. The molecule has 5 nitrogen and oxygen atoms in total. The maximum Gasteiger partial charge on any atom is 0.435 e. The number of carbonyl (C=O) groups excluding carboxylic acids is 1. The first kappa shape index (κ1) is 12.1. The molecule has 0 aromatic carbocycles. The maximum absolute atomic E-state index is 11.8. The molecule has 1 aromatic heterocycles. The lowest BCUT2D eigenvalue weighted by atomic mass is 9.95. The minimum atomic E-state index is -0.508. The van der Waals surface area contributed by atoms with Crippen molar-refractivity contribution in [2.45, 2.75) is 51.7 Å². The molecule has 0 amide bonds. The van der Waals surface area contributed by atoms with Crippen LogP contribution in [0.3, 0.4) is 0 Å². The fourth-order valence-corrected chi connectivity index (χ4v) is 1.98. The van der Waals surface area contributed by atoms with E-state index in [4.69, 9.17) is 10.5 Å². The van der Waals surface area contributed by atoms with Crippen LogP contribution in [0.4, 0.5) is 4.79 Å². The average molecular weight is 237 g/mol. The monoisotopic (exact) mass is 237 g/mol. The molecule has 0 bridgehead atoms. The van der Waals surface area contributed by atoms with Crippen molar-refractivity contribution in [2.24, 2.45) is 5.73 Å². The van der Waals surface area contributed by atoms with Gasteiger partial charge in [-0.2, -0.15) is 9.78 Å². The van der Waals surface area contributed by atoms with Gasteiger partial charge in [-0.15, -0.1) is 0 Å². The lowest BCUT2D eigenvalue weighted by Gasteiger charge is -2.18. The van der Waals surface area contributed by atoms with Crippen molar-refractivity contribution >= 4 is 6.09 Å². The van der Waals surface area contributed by atoms with E-state index in [1.807, 2.05) is 20.8 Å². The molecule has 1 heterocycles. The van der Waals surface area contributed by atoms with Crippen LogP contribution in [0.25, 0.3) is 0 Å². The van der Waals surface area contributed by atoms with Gasteiger partial charge in [0.05, 0.1) is 5.69 Å². The van der Waals surface area contributed by atoms with Crippen molar-refractivity contribution in [3.05, 3.63) is 17.5 Å². The van der Waals surface area contributed by atoms with Gasteiger partial charge in [0.1, 0.15) is 5.60 Å². The minimum absolute atomic E-state index is 0.0533. The van der Waals surface area contributed by atoms with E-state index in [1.54, 1.807) is 6.20 Å². The predicted octanol–water partition coefficient (Wildman–Crippen LogP) is 2.00. The van der Waals surface area contributed by atoms with E-state index in [0.717, 1.165) is 30.5 Å². The summed E-state index contributed by atoms with van der Waals surface area (Å²) in [5.41, 5.74) is 7.35. The third-order valence-corrected chi connectivity index (χ3v) is 2.72. The van der Waals surface area contributed by atoms with E-state index >= 15 is 0 Å². The number of nitrogens with two attached hydrogens (primary N) is 1. The molecule has 17 heavy (non-hydrogen) atoms. The third-order valence-electron chi connectivity index (χ3n) is 2.72. The Kier molecular flexibility index (Phi) is 2.95. The van der Waals surface area contributed by atoms with Crippen LogP contribution in [0.1, 0.15) is 50.9 Å². The van der Waals surface area contributed by atoms with Crippen molar-refractivity contribution in [3.8, 4) is 0 Å². The second-order valence-electron chi connectivity index (χ2n) is 5.46. The number of aromatic nitrogens is 2. The quantitative estimate of drug-likeness (QED) is 0.749. The fourth-order valence-electron chi connectivity index (χ4n) is 1.98. The van der Waals surface area contributed by atoms with Crippen LogP contribution in [0.2, 0.25) is 0 Å². The van der Waals surface area contributed by atoms with Gasteiger partial charge in [0.25, 0.3) is 0 Å². The van der Waals surface area contributed by atoms with Gasteiger partial charge in [-0.25, -0.2) is 4.79 Å². The second-order valence-corrected chi connectivity index (χ2v) is 5.46. The first-order chi connectivity index (χ1) is 7.87. The molecule has 2 N–H and O–H groups in total. The van der Waals surface area contributed by atoms with Crippen LogP contribution < -0.4 is 5.73 Å². The van der Waals surface area contributed by atoms with Crippen molar-refractivity contribution in [1.29, 1.82) is 0 Å². The van der Waals surface area contributed by atoms with Crippen LogP contribution >= 0.6 is 0 Å². The topological polar surface area (TPSA) is 70.1 Å². The summed E-state index contributed by atoms with van der Waals surface area (Å²) in [5.74, 6) is 0. The Morgan fingerprint density at radius 2 is 2.29 bits per heavy atom. The number of nitrogens with zero attached hydrogens (tertiary/aromatic N) is 2. The van der Waals surface area contributed by atoms with Gasteiger partial charge >= 0.3 is 6.09 Å². The molecule has 0 saturated carbocycles. The van der Waals surface area contributed by atoms with Crippen LogP contribution in [-0.2, 0) is 11.2 Å². The van der Waals surface area contributed by atoms with E-state index in [-0.39, 0.29) is 6.04 Å². The summed E-state index contributed by atoms with van der Waals surface area (Å²) in [4.78, 5) is 11.8. The molecule has 0 spiro atoms. The van der Waals surface area contributed by atoms with Crippen LogP contribution in [0.5, 0.6) is 0 Å². The van der Waals surface area contributed by atoms with Crippen molar-refractivity contribution < 1.29 is 9.53 Å². The van der Waals surface area contributed by atoms with Gasteiger partial charge in [0, 0.05) is 12.2 Å². The number of aryl methyl sites for hydroxylation is 1. The highest BCUT2D eigenvalue weighted by atomic mass is 16.6. The predicted molar refractivity (Wildman–Crippen MR) is 63.7 cm³/mol. The maximum atomic E-state index is 11.8. The Morgan fingerprint density at radius 3 is 2.88 bits per heavy atom. The zero-order valence-corrected chi connectivity index (χ0v) is 10.6. The fraction of sp³-hybridized carbons (Fsp3) is 0.667. The summed E-state index contributed by atoms with van der Waals surface area (Å²) in [5, 5.41) is 4.23. The van der Waals surface area contributed by atoms with Gasteiger partial charge in [0.2, 0.25) is 0 Å². The van der Waals surface area contributed by atoms with E-state index in [0.29, 0.717) is 0 Å². The lowest BCUT2D eigenvalue weighted by molar-refractivity contribution is 0.0513. The van der Waals surface area contributed by atoms with Crippen LogP contribution in [0, 0.1) is 0 Å². The molecule has 0 saturated heterocycles. The highest BCUT2D eigenvalue weighted by Crippen LogP contribution is 2.26. The zero-order valence-electron chi connectivity index (χ0n) is 10.6. The summed E-state index contributed by atoms with van der Waals surface area (Å²) in [7, 11) is 0. The van der Waals surface area contributed by atoms with Gasteiger partial charge in [-0.05, 0) is 45.6 Å². The van der Waals surface area contributed by atoms with Gasteiger partial charge in [0.15, 0.2) is 0 Å². The average Bonchev–Trinajstić information content (AvgIpc) is 2.60. The van der Waals surface area contributed by atoms with Gasteiger partial charge in [-0.3, -0.25) is 0 Å². The summed E-state index contributed by atoms with van der Waals surface area (Å²) >= 11 is 0. The van der Waals surface area contributed by atoms with E-state index in [2.05, 4.69) is 5.10 Å². The first-order valence-corrected chi connectivity index (χ1v) is 5.94. The minimum Gasteiger partial charge on any atom is -0.442 e. The molecule has 1 aromatic rings. The zero-order chi connectivity index (χ0) is 12.6. The van der Waals surface area contributed by atoms with Crippen LogP contribution in [-0.4, -0.2) is 21.5 Å². The summed E-state index contributed by atoms with van der Waals surface area (Å²) in [6.45, 7) is 5.50. The Labute approximate surface area is 101 Å². The van der Waals surface area contributed by atoms with Crippen molar-refractivity contribution in [3.63, 3.8) is 0 Å². The largest absolute Gasteiger partial charge is 0.442 e. The highest BCUT2D eigenvalue weighted by molar-refractivity contribution is 5.70. The van der Waals surface area contributed by atoms with Crippen LogP contribution in [0.15, 0.2) is 6.20 Å². The molecular formula is C12H19N3O2. The van der Waals surface area contributed by atoms with E-state index in [1.165, 1.54) is 4.68 Å². The SMILES string of the molecule is CC(C)(C)OC(=O)n1cc2c(n1)C(N)CCC2. The van der Waals surface area contributed by atoms with Crippen molar-refractivity contribution in [2.75, 3.05) is 0 Å². The Bertz CT molecular complexity index is 431. The van der Waals surface area contributed by atoms with Gasteiger partial charge in [-0.1, -0.05) is 0 Å². The van der Waals surface area contributed by atoms with E-state index in [9.17, 15) is 4.79 Å². The number of fused-ring (bicyclic) bond motifs is 1. The lowest BCUT2D eigenvalue weighted by Crippen LogP contribution is -2.27. The summed E-state index contributed by atoms with van der Waals surface area (Å²) in [6.07, 6.45) is 4.21. The number of rotatable bonds is 0.